The predicted octanol–water partition coefficient (Wildman–Crippen LogP) is 3.51. The molecule has 0 bridgehead atoms. The number of nitrogens with zero attached hydrogens (tertiary/aromatic N) is 2. The number of aliphatic hydroxyl groups excluding tert-OH is 1. The molecule has 6 nitrogen and oxygen atoms in total. The lowest BCUT2D eigenvalue weighted by atomic mass is 9.96. The number of pyridine rings is 1. The Morgan fingerprint density at radius 2 is 1.85 bits per heavy atom. The number of para-hydroxylation sites is 1. The molecule has 0 aliphatic carbocycles. The van der Waals surface area contributed by atoms with Gasteiger partial charge in [-0.15, -0.1) is 0 Å². The van der Waals surface area contributed by atoms with Gasteiger partial charge in [-0.05, 0) is 18.1 Å². The van der Waals surface area contributed by atoms with Crippen LogP contribution in [-0.2, 0) is 17.8 Å². The predicted molar refractivity (Wildman–Crippen MR) is 98.8 cm³/mol. The average Bonchev–Trinajstić information content (AvgIpc) is 2.67. The van der Waals surface area contributed by atoms with E-state index in [0.717, 1.165) is 10.9 Å². The number of fused-ring (bicyclic) bond motifs is 1. The van der Waals surface area contributed by atoms with Gasteiger partial charge in [0.1, 0.15) is 6.20 Å². The van der Waals surface area contributed by atoms with Crippen molar-refractivity contribution in [3.8, 4) is 0 Å². The fourth-order valence-electron chi connectivity index (χ4n) is 2.94. The molecule has 3 rings (SSSR count). The van der Waals surface area contributed by atoms with E-state index < -0.39 is 4.92 Å². The molecule has 1 atom stereocenters. The first-order valence-electron chi connectivity index (χ1n) is 8.42. The fourth-order valence-corrected chi connectivity index (χ4v) is 2.94. The summed E-state index contributed by atoms with van der Waals surface area (Å²) in [5.41, 5.74) is 2.31. The summed E-state index contributed by atoms with van der Waals surface area (Å²) in [5.74, 6) is -0.233. The quantitative estimate of drug-likeness (QED) is 0.495. The van der Waals surface area contributed by atoms with Gasteiger partial charge in [-0.1, -0.05) is 48.5 Å². The molecule has 1 N–H and O–H groups in total. The third-order valence-electron chi connectivity index (χ3n) is 4.28. The van der Waals surface area contributed by atoms with Crippen molar-refractivity contribution in [1.82, 2.24) is 4.98 Å². The van der Waals surface area contributed by atoms with Crippen molar-refractivity contribution in [2.24, 2.45) is 5.92 Å². The standard InChI is InChI=1S/C20H20N2O4/c23-12-16(14-26-13-15-6-2-1-3-7-15)10-18-17-8-4-5-9-19(17)21-11-20(18)22(24)25/h1-9,11,16,23H,10,12-14H2/t16-/m1/s1. The lowest BCUT2D eigenvalue weighted by Crippen LogP contribution is -2.18. The summed E-state index contributed by atoms with van der Waals surface area (Å²) in [6.45, 7) is 0.651. The van der Waals surface area contributed by atoms with Gasteiger partial charge in [0.2, 0.25) is 0 Å². The van der Waals surface area contributed by atoms with Gasteiger partial charge in [0, 0.05) is 23.5 Å². The van der Waals surface area contributed by atoms with E-state index in [2.05, 4.69) is 4.98 Å². The normalized spacial score (nSPS) is 12.2. The summed E-state index contributed by atoms with van der Waals surface area (Å²) >= 11 is 0. The van der Waals surface area contributed by atoms with Crippen LogP contribution in [0.1, 0.15) is 11.1 Å². The van der Waals surface area contributed by atoms with Gasteiger partial charge in [0.05, 0.1) is 23.7 Å². The molecule has 0 unspecified atom stereocenters. The minimum atomic E-state index is -0.423. The Balaban J connectivity index is 1.77. The zero-order valence-electron chi connectivity index (χ0n) is 14.2. The van der Waals surface area contributed by atoms with Gasteiger partial charge >= 0.3 is 0 Å². The van der Waals surface area contributed by atoms with Gasteiger partial charge < -0.3 is 9.84 Å². The Morgan fingerprint density at radius 3 is 2.58 bits per heavy atom. The molecule has 0 aliphatic heterocycles. The third kappa shape index (κ3) is 4.22. The maximum absolute atomic E-state index is 11.4. The monoisotopic (exact) mass is 352 g/mol. The van der Waals surface area contributed by atoms with Crippen molar-refractivity contribution in [2.45, 2.75) is 13.0 Å². The molecule has 0 fully saturated rings. The van der Waals surface area contributed by atoms with Crippen LogP contribution >= 0.6 is 0 Å². The highest BCUT2D eigenvalue weighted by atomic mass is 16.6. The van der Waals surface area contributed by atoms with Crippen molar-refractivity contribution < 1.29 is 14.8 Å². The van der Waals surface area contributed by atoms with Gasteiger partial charge in [-0.2, -0.15) is 0 Å². The van der Waals surface area contributed by atoms with Crippen LogP contribution in [0.2, 0.25) is 0 Å². The number of hydrogen-bond donors (Lipinski definition) is 1. The van der Waals surface area contributed by atoms with Crippen LogP contribution in [0, 0.1) is 16.0 Å². The molecule has 0 radical (unpaired) electrons. The number of hydrogen-bond acceptors (Lipinski definition) is 5. The number of benzene rings is 2. The lowest BCUT2D eigenvalue weighted by Gasteiger charge is -2.16. The van der Waals surface area contributed by atoms with Crippen molar-refractivity contribution in [1.29, 1.82) is 0 Å². The Morgan fingerprint density at radius 1 is 1.12 bits per heavy atom. The topological polar surface area (TPSA) is 85.5 Å². The van der Waals surface area contributed by atoms with E-state index in [0.29, 0.717) is 30.7 Å². The molecule has 0 saturated carbocycles. The van der Waals surface area contributed by atoms with Crippen LogP contribution < -0.4 is 0 Å². The number of aromatic nitrogens is 1. The van der Waals surface area contributed by atoms with Gasteiger partial charge in [0.25, 0.3) is 5.69 Å². The molecular weight excluding hydrogens is 332 g/mol. The van der Waals surface area contributed by atoms with E-state index in [1.807, 2.05) is 54.6 Å². The van der Waals surface area contributed by atoms with E-state index in [-0.39, 0.29) is 18.2 Å². The molecule has 1 heterocycles. The highest BCUT2D eigenvalue weighted by Crippen LogP contribution is 2.28. The Labute approximate surface area is 151 Å². The molecule has 6 heteroatoms. The van der Waals surface area contributed by atoms with Crippen molar-refractivity contribution in [3.63, 3.8) is 0 Å². The fraction of sp³-hybridized carbons (Fsp3) is 0.250. The van der Waals surface area contributed by atoms with E-state index in [4.69, 9.17) is 4.74 Å². The summed E-state index contributed by atoms with van der Waals surface area (Å²) in [6.07, 6.45) is 1.64. The second-order valence-electron chi connectivity index (χ2n) is 6.15. The molecule has 0 aliphatic rings. The Kier molecular flexibility index (Phi) is 5.88. The minimum absolute atomic E-state index is 0.0230. The SMILES string of the molecule is O=[N+]([O-])c1cnc2ccccc2c1C[C@H](CO)COCc1ccccc1. The highest BCUT2D eigenvalue weighted by Gasteiger charge is 2.21. The van der Waals surface area contributed by atoms with Crippen LogP contribution in [0.5, 0.6) is 0 Å². The van der Waals surface area contributed by atoms with Crippen molar-refractivity contribution >= 4 is 16.6 Å². The third-order valence-corrected chi connectivity index (χ3v) is 4.28. The lowest BCUT2D eigenvalue weighted by molar-refractivity contribution is -0.385. The largest absolute Gasteiger partial charge is 0.396 e. The van der Waals surface area contributed by atoms with Crippen LogP contribution in [0.15, 0.2) is 60.8 Å². The number of rotatable bonds is 8. The zero-order chi connectivity index (χ0) is 18.4. The van der Waals surface area contributed by atoms with E-state index >= 15 is 0 Å². The molecule has 134 valence electrons. The maximum Gasteiger partial charge on any atom is 0.291 e. The summed E-state index contributed by atoms with van der Waals surface area (Å²) in [6, 6.07) is 17.1. The first kappa shape index (κ1) is 18.0. The molecular formula is C20H20N2O4. The zero-order valence-corrected chi connectivity index (χ0v) is 14.2. The minimum Gasteiger partial charge on any atom is -0.396 e. The van der Waals surface area contributed by atoms with Crippen LogP contribution in [-0.4, -0.2) is 28.2 Å². The molecule has 0 amide bonds. The number of nitro groups is 1. The van der Waals surface area contributed by atoms with Gasteiger partial charge in [-0.3, -0.25) is 10.1 Å². The van der Waals surface area contributed by atoms with Crippen LogP contribution in [0.4, 0.5) is 5.69 Å². The average molecular weight is 352 g/mol. The van der Waals surface area contributed by atoms with E-state index in [1.54, 1.807) is 0 Å². The summed E-state index contributed by atoms with van der Waals surface area (Å²) in [4.78, 5) is 15.1. The number of ether oxygens (including phenoxy) is 1. The highest BCUT2D eigenvalue weighted by molar-refractivity contribution is 5.85. The second-order valence-corrected chi connectivity index (χ2v) is 6.15. The smallest absolute Gasteiger partial charge is 0.291 e. The summed E-state index contributed by atoms with van der Waals surface area (Å²) < 4.78 is 5.71. The van der Waals surface area contributed by atoms with Gasteiger partial charge in [0.15, 0.2) is 0 Å². The van der Waals surface area contributed by atoms with E-state index in [9.17, 15) is 15.2 Å². The maximum atomic E-state index is 11.4. The Hall–Kier alpha value is -2.83. The molecule has 3 aromatic rings. The second kappa shape index (κ2) is 8.51. The molecule has 1 aromatic heterocycles. The Bertz CT molecular complexity index is 883. The summed E-state index contributed by atoms with van der Waals surface area (Å²) in [5, 5.41) is 21.9. The summed E-state index contributed by atoms with van der Waals surface area (Å²) in [7, 11) is 0. The molecule has 0 spiro atoms. The molecule has 2 aromatic carbocycles. The first-order valence-corrected chi connectivity index (χ1v) is 8.42. The van der Waals surface area contributed by atoms with Crippen molar-refractivity contribution in [2.75, 3.05) is 13.2 Å². The van der Waals surface area contributed by atoms with Gasteiger partial charge in [-0.25, -0.2) is 4.98 Å². The molecule has 26 heavy (non-hydrogen) atoms. The van der Waals surface area contributed by atoms with Crippen LogP contribution in [0.25, 0.3) is 10.9 Å². The number of aliphatic hydroxyl groups is 1. The first-order chi connectivity index (χ1) is 12.7. The van der Waals surface area contributed by atoms with Crippen molar-refractivity contribution in [3.05, 3.63) is 82.0 Å². The van der Waals surface area contributed by atoms with E-state index in [1.165, 1.54) is 6.20 Å². The molecule has 0 saturated heterocycles. The van der Waals surface area contributed by atoms with Crippen LogP contribution in [0.3, 0.4) is 0 Å².